The largest absolute Gasteiger partial charge is 0.402 e. The van der Waals surface area contributed by atoms with Crippen LogP contribution in [0.2, 0.25) is 0 Å². The van der Waals surface area contributed by atoms with Gasteiger partial charge in [0.1, 0.15) is 6.54 Å². The lowest BCUT2D eigenvalue weighted by Crippen LogP contribution is -2.43. The van der Waals surface area contributed by atoms with Crippen LogP contribution in [0.1, 0.15) is 26.2 Å². The van der Waals surface area contributed by atoms with Gasteiger partial charge in [-0.1, -0.05) is 13.3 Å². The van der Waals surface area contributed by atoms with E-state index in [1.807, 2.05) is 6.92 Å². The van der Waals surface area contributed by atoms with E-state index in [1.165, 1.54) is 4.72 Å². The highest BCUT2D eigenvalue weighted by Gasteiger charge is 2.29. The van der Waals surface area contributed by atoms with E-state index in [2.05, 4.69) is 4.72 Å². The van der Waals surface area contributed by atoms with Crippen LogP contribution in [0.5, 0.6) is 0 Å². The molecule has 18 heavy (non-hydrogen) atoms. The van der Waals surface area contributed by atoms with Gasteiger partial charge in [-0.05, 0) is 25.3 Å². The maximum absolute atomic E-state index is 11.9. The van der Waals surface area contributed by atoms with Gasteiger partial charge < -0.3 is 5.73 Å². The minimum Gasteiger partial charge on any atom is -0.330 e. The fourth-order valence-corrected chi connectivity index (χ4v) is 2.36. The fourth-order valence-electron chi connectivity index (χ4n) is 1.45. The van der Waals surface area contributed by atoms with Crippen LogP contribution in [-0.4, -0.2) is 34.2 Å². The average molecular weight is 291 g/mol. The van der Waals surface area contributed by atoms with Crippen molar-refractivity contribution < 1.29 is 21.6 Å². The van der Waals surface area contributed by atoms with Crippen molar-refractivity contribution in [2.24, 2.45) is 11.7 Å². The Hall–Kier alpha value is -0.380. The Balaban J connectivity index is 4.15. The average Bonchev–Trinajstić information content (AvgIpc) is 2.23. The van der Waals surface area contributed by atoms with E-state index in [0.29, 0.717) is 13.0 Å². The highest BCUT2D eigenvalue weighted by Crippen LogP contribution is 2.13. The van der Waals surface area contributed by atoms with E-state index in [0.717, 1.165) is 12.8 Å². The molecule has 0 aliphatic carbocycles. The van der Waals surface area contributed by atoms with Gasteiger partial charge in [0.05, 0.1) is 0 Å². The molecule has 0 saturated heterocycles. The summed E-state index contributed by atoms with van der Waals surface area (Å²) >= 11 is 0. The molecule has 0 spiro atoms. The molecule has 0 fully saturated rings. The molecule has 0 rings (SSSR count). The summed E-state index contributed by atoms with van der Waals surface area (Å²) in [5.41, 5.74) is 5.37. The summed E-state index contributed by atoms with van der Waals surface area (Å²) in [6, 6.07) is 0. The van der Waals surface area contributed by atoms with E-state index in [-0.39, 0.29) is 12.5 Å². The zero-order valence-electron chi connectivity index (χ0n) is 10.3. The summed E-state index contributed by atoms with van der Waals surface area (Å²) in [7, 11) is -4.11. The number of halogens is 3. The molecule has 0 aromatic carbocycles. The van der Waals surface area contributed by atoms with Gasteiger partial charge in [0, 0.05) is 6.54 Å². The first-order valence-corrected chi connectivity index (χ1v) is 7.19. The van der Waals surface area contributed by atoms with Crippen molar-refractivity contribution in [3.8, 4) is 0 Å². The topological polar surface area (TPSA) is 84.2 Å². The van der Waals surface area contributed by atoms with Gasteiger partial charge >= 0.3 is 6.18 Å². The Morgan fingerprint density at radius 1 is 1.22 bits per heavy atom. The molecule has 110 valence electrons. The number of rotatable bonds is 9. The van der Waals surface area contributed by atoms with Gasteiger partial charge in [0.15, 0.2) is 0 Å². The van der Waals surface area contributed by atoms with Gasteiger partial charge in [-0.3, -0.25) is 0 Å². The van der Waals surface area contributed by atoms with Crippen molar-refractivity contribution in [2.45, 2.75) is 32.4 Å². The van der Waals surface area contributed by atoms with Crippen LogP contribution in [0.3, 0.4) is 0 Å². The third kappa shape index (κ3) is 9.63. The van der Waals surface area contributed by atoms with Crippen LogP contribution in [0.4, 0.5) is 13.2 Å². The van der Waals surface area contributed by atoms with Crippen molar-refractivity contribution in [2.75, 3.05) is 19.6 Å². The first-order chi connectivity index (χ1) is 8.20. The Kier molecular flexibility index (Phi) is 7.76. The maximum Gasteiger partial charge on any atom is 0.402 e. The predicted octanol–water partition coefficient (Wildman–Crippen LogP) is 0.738. The van der Waals surface area contributed by atoms with Crippen molar-refractivity contribution in [3.05, 3.63) is 0 Å². The molecule has 0 aromatic rings. The molecule has 5 nitrogen and oxygen atoms in total. The second kappa shape index (κ2) is 7.93. The maximum atomic E-state index is 11.9. The van der Waals surface area contributed by atoms with Gasteiger partial charge in [0.25, 0.3) is 10.2 Å². The molecule has 1 atom stereocenters. The van der Waals surface area contributed by atoms with Crippen LogP contribution >= 0.6 is 0 Å². The molecule has 0 aromatic heterocycles. The molecule has 0 aliphatic heterocycles. The fraction of sp³-hybridized carbons (Fsp3) is 1.00. The van der Waals surface area contributed by atoms with Gasteiger partial charge in [-0.25, -0.2) is 4.72 Å². The molecule has 0 heterocycles. The predicted molar refractivity (Wildman–Crippen MR) is 63.0 cm³/mol. The van der Waals surface area contributed by atoms with Gasteiger partial charge in [0.2, 0.25) is 0 Å². The second-order valence-electron chi connectivity index (χ2n) is 4.02. The normalized spacial score (nSPS) is 14.7. The molecule has 0 saturated carbocycles. The number of hydrogen-bond acceptors (Lipinski definition) is 3. The van der Waals surface area contributed by atoms with Crippen molar-refractivity contribution in [3.63, 3.8) is 0 Å². The summed E-state index contributed by atoms with van der Waals surface area (Å²) in [5.74, 6) is 0.0439. The highest BCUT2D eigenvalue weighted by atomic mass is 32.2. The van der Waals surface area contributed by atoms with Crippen molar-refractivity contribution in [1.82, 2.24) is 9.44 Å². The van der Waals surface area contributed by atoms with Crippen LogP contribution in [-0.2, 0) is 10.2 Å². The minimum absolute atomic E-state index is 0.0439. The number of nitrogens with two attached hydrogens (primary N) is 1. The molecule has 1 unspecified atom stereocenters. The Labute approximate surface area is 105 Å². The molecular formula is C9H20F3N3O2S. The summed E-state index contributed by atoms with van der Waals surface area (Å²) in [6.45, 7) is 0.887. The van der Waals surface area contributed by atoms with Crippen molar-refractivity contribution >= 4 is 10.2 Å². The first kappa shape index (κ1) is 17.6. The lowest BCUT2D eigenvalue weighted by atomic mass is 10.0. The molecule has 0 aliphatic rings. The Morgan fingerprint density at radius 3 is 2.28 bits per heavy atom. The van der Waals surface area contributed by atoms with E-state index < -0.39 is 22.9 Å². The SMILES string of the molecule is CCCC(CCN)CNS(=O)(=O)NCC(F)(F)F. The Bertz CT molecular complexity index is 314. The van der Waals surface area contributed by atoms with E-state index in [4.69, 9.17) is 5.73 Å². The summed E-state index contributed by atoms with van der Waals surface area (Å²) in [4.78, 5) is 0. The molecule has 0 radical (unpaired) electrons. The number of hydrogen-bond donors (Lipinski definition) is 3. The molecule has 0 amide bonds. The number of nitrogens with one attached hydrogen (secondary N) is 2. The third-order valence-corrected chi connectivity index (χ3v) is 3.37. The zero-order valence-corrected chi connectivity index (χ0v) is 11.1. The molecule has 0 bridgehead atoms. The second-order valence-corrected chi connectivity index (χ2v) is 5.60. The lowest BCUT2D eigenvalue weighted by Gasteiger charge is -2.16. The third-order valence-electron chi connectivity index (χ3n) is 2.30. The summed E-state index contributed by atoms with van der Waals surface area (Å²) in [5, 5.41) is 0. The summed E-state index contributed by atoms with van der Waals surface area (Å²) < 4.78 is 61.6. The standard InChI is InChI=1S/C9H20F3N3O2S/c1-2-3-8(4-5-13)6-14-18(16,17)15-7-9(10,11)12/h8,14-15H,2-7,13H2,1H3. The molecule has 4 N–H and O–H groups in total. The lowest BCUT2D eigenvalue weighted by molar-refractivity contribution is -0.121. The molecule has 9 heteroatoms. The summed E-state index contributed by atoms with van der Waals surface area (Å²) in [6.07, 6.45) is -2.29. The van der Waals surface area contributed by atoms with Crippen LogP contribution in [0.25, 0.3) is 0 Å². The van der Waals surface area contributed by atoms with Gasteiger partial charge in [-0.2, -0.15) is 26.3 Å². The number of alkyl halides is 3. The minimum atomic E-state index is -4.56. The smallest absolute Gasteiger partial charge is 0.330 e. The molecular weight excluding hydrogens is 271 g/mol. The van der Waals surface area contributed by atoms with E-state index >= 15 is 0 Å². The van der Waals surface area contributed by atoms with E-state index in [9.17, 15) is 21.6 Å². The zero-order chi connectivity index (χ0) is 14.2. The van der Waals surface area contributed by atoms with Crippen molar-refractivity contribution in [1.29, 1.82) is 0 Å². The van der Waals surface area contributed by atoms with Gasteiger partial charge in [-0.15, -0.1) is 0 Å². The first-order valence-electron chi connectivity index (χ1n) is 5.71. The quantitative estimate of drug-likeness (QED) is 0.586. The van der Waals surface area contributed by atoms with E-state index in [1.54, 1.807) is 0 Å². The monoisotopic (exact) mass is 291 g/mol. The van der Waals surface area contributed by atoms with Crippen LogP contribution in [0.15, 0.2) is 0 Å². The van der Waals surface area contributed by atoms with Crippen LogP contribution < -0.4 is 15.2 Å². The Morgan fingerprint density at radius 2 is 1.83 bits per heavy atom. The highest BCUT2D eigenvalue weighted by molar-refractivity contribution is 7.87. The van der Waals surface area contributed by atoms with Crippen LogP contribution in [0, 0.1) is 5.92 Å².